The number of imide groups is 2. The number of amides is 4. The highest BCUT2D eigenvalue weighted by atomic mass is 35.5. The Labute approximate surface area is 307 Å². The van der Waals surface area contributed by atoms with Gasteiger partial charge in [0.1, 0.15) is 23.5 Å². The van der Waals surface area contributed by atoms with Gasteiger partial charge in [-0.1, -0.05) is 53.1 Å². The summed E-state index contributed by atoms with van der Waals surface area (Å²) in [4.78, 5) is 63.7. The van der Waals surface area contributed by atoms with Crippen molar-refractivity contribution >= 4 is 64.0 Å². The minimum atomic E-state index is -4.74. The van der Waals surface area contributed by atoms with Crippen LogP contribution in [0.4, 0.5) is 19.0 Å². The van der Waals surface area contributed by atoms with Crippen molar-refractivity contribution in [2.45, 2.75) is 43.5 Å². The van der Waals surface area contributed by atoms with Crippen LogP contribution in [0.2, 0.25) is 10.0 Å². The number of benzene rings is 1. The van der Waals surface area contributed by atoms with Gasteiger partial charge in [0, 0.05) is 16.1 Å². The molecular formula is C36H27Cl2F3N4O6S. The Balaban J connectivity index is 1.28. The Kier molecular flexibility index (Phi) is 8.36. The number of fused-ring (bicyclic) bond motifs is 4. The lowest BCUT2D eigenvalue weighted by molar-refractivity contribution is -0.142. The minimum absolute atomic E-state index is 0.0253. The number of furan rings is 1. The molecule has 0 bridgehead atoms. The van der Waals surface area contributed by atoms with Crippen molar-refractivity contribution in [2.75, 3.05) is 5.43 Å². The maximum Gasteiger partial charge on any atom is 0.417 e. The topological polar surface area (TPSA) is 133 Å². The van der Waals surface area contributed by atoms with Gasteiger partial charge in [-0.2, -0.15) is 18.2 Å². The zero-order valence-corrected chi connectivity index (χ0v) is 29.1. The molecular weight excluding hydrogens is 744 g/mol. The summed E-state index contributed by atoms with van der Waals surface area (Å²) in [5.74, 6) is -6.54. The number of nitrogens with one attached hydrogen (secondary N) is 1. The second kappa shape index (κ2) is 12.6. The van der Waals surface area contributed by atoms with E-state index in [-0.39, 0.29) is 48.5 Å². The predicted molar refractivity (Wildman–Crippen MR) is 181 cm³/mol. The van der Waals surface area contributed by atoms with Gasteiger partial charge in [0.25, 0.3) is 11.8 Å². The number of hydrazine groups is 1. The molecule has 2 aliphatic carbocycles. The number of aromatic nitrogens is 1. The Morgan fingerprint density at radius 2 is 1.79 bits per heavy atom. The molecule has 4 aromatic rings. The van der Waals surface area contributed by atoms with E-state index in [0.29, 0.717) is 33.4 Å². The van der Waals surface area contributed by atoms with Crippen LogP contribution in [0.3, 0.4) is 0 Å². The van der Waals surface area contributed by atoms with Gasteiger partial charge in [0.2, 0.25) is 11.8 Å². The molecule has 2 N–H and O–H groups in total. The van der Waals surface area contributed by atoms with E-state index in [1.54, 1.807) is 36.4 Å². The number of hydrogen-bond acceptors (Lipinski definition) is 9. The van der Waals surface area contributed by atoms with Crippen LogP contribution in [0.25, 0.3) is 0 Å². The number of carbonyl (C=O) groups is 4. The number of rotatable bonds is 7. The fraction of sp³-hybridized carbons (Fsp3) is 0.306. The van der Waals surface area contributed by atoms with E-state index in [1.165, 1.54) is 16.2 Å². The van der Waals surface area contributed by atoms with Gasteiger partial charge < -0.3 is 9.52 Å². The minimum Gasteiger partial charge on any atom is -0.463 e. The van der Waals surface area contributed by atoms with Crippen molar-refractivity contribution in [3.63, 3.8) is 0 Å². The van der Waals surface area contributed by atoms with Crippen molar-refractivity contribution in [3.8, 4) is 0 Å². The summed E-state index contributed by atoms with van der Waals surface area (Å²) in [5, 5.41) is 12.4. The van der Waals surface area contributed by atoms with E-state index in [2.05, 4.69) is 10.4 Å². The van der Waals surface area contributed by atoms with Crippen LogP contribution < -0.4 is 5.43 Å². The predicted octanol–water partition coefficient (Wildman–Crippen LogP) is 6.74. The molecule has 0 spiro atoms. The first-order valence-corrected chi connectivity index (χ1v) is 17.9. The van der Waals surface area contributed by atoms with Gasteiger partial charge in [0.15, 0.2) is 5.82 Å². The Hall–Kier alpha value is -4.50. The maximum absolute atomic E-state index is 15.1. The van der Waals surface area contributed by atoms with Crippen LogP contribution in [0.1, 0.15) is 46.3 Å². The number of pyridine rings is 1. The summed E-state index contributed by atoms with van der Waals surface area (Å²) in [5.41, 5.74) is 0.738. The van der Waals surface area contributed by atoms with Gasteiger partial charge in [-0.05, 0) is 66.1 Å². The molecule has 2 aliphatic heterocycles. The largest absolute Gasteiger partial charge is 0.463 e. The van der Waals surface area contributed by atoms with Gasteiger partial charge in [0.05, 0.1) is 40.8 Å². The lowest BCUT2D eigenvalue weighted by atomic mass is 9.50. The summed E-state index contributed by atoms with van der Waals surface area (Å²) < 4.78 is 46.4. The molecule has 5 heterocycles. The lowest BCUT2D eigenvalue weighted by Crippen LogP contribution is -2.53. The molecule has 3 fully saturated rings. The van der Waals surface area contributed by atoms with Crippen molar-refractivity contribution < 1.29 is 41.9 Å². The fourth-order valence-corrected chi connectivity index (χ4v) is 9.53. The zero-order chi connectivity index (χ0) is 36.7. The first-order chi connectivity index (χ1) is 24.8. The first-order valence-electron chi connectivity index (χ1n) is 16.3. The van der Waals surface area contributed by atoms with Crippen molar-refractivity contribution in [1.29, 1.82) is 0 Å². The quantitative estimate of drug-likeness (QED) is 0.156. The highest BCUT2D eigenvalue weighted by Gasteiger charge is 2.71. The third kappa shape index (κ3) is 5.21. The van der Waals surface area contributed by atoms with E-state index < -0.39 is 70.2 Å². The summed E-state index contributed by atoms with van der Waals surface area (Å²) in [6.07, 6.45) is -2.18. The SMILES string of the molecule is O=C1C2CC=C3C(CC4C(=O)N(Nc5ncc(C(F)(F)F)cc5Cl)C(=O)C4(c4ccc(Cl)cc4)C3c3ccc(CO)o3)C2C(=O)N1Cc1cccs1. The van der Waals surface area contributed by atoms with E-state index >= 15 is 4.79 Å². The van der Waals surface area contributed by atoms with Gasteiger partial charge in [-0.25, -0.2) is 4.98 Å². The highest BCUT2D eigenvalue weighted by molar-refractivity contribution is 7.09. The van der Waals surface area contributed by atoms with Crippen LogP contribution in [0.5, 0.6) is 0 Å². The van der Waals surface area contributed by atoms with Crippen LogP contribution in [-0.4, -0.2) is 43.6 Å². The van der Waals surface area contributed by atoms with E-state index in [0.717, 1.165) is 4.88 Å². The zero-order valence-electron chi connectivity index (χ0n) is 26.8. The Morgan fingerprint density at radius 1 is 1.02 bits per heavy atom. The molecule has 52 heavy (non-hydrogen) atoms. The molecule has 1 aromatic carbocycles. The first kappa shape index (κ1) is 34.6. The average molecular weight is 772 g/mol. The Morgan fingerprint density at radius 3 is 2.44 bits per heavy atom. The van der Waals surface area contributed by atoms with Crippen molar-refractivity contribution in [1.82, 2.24) is 14.9 Å². The van der Waals surface area contributed by atoms with Gasteiger partial charge >= 0.3 is 6.18 Å². The van der Waals surface area contributed by atoms with Crippen LogP contribution in [0, 0.1) is 23.7 Å². The van der Waals surface area contributed by atoms with Crippen molar-refractivity contribution in [3.05, 3.63) is 115 Å². The highest BCUT2D eigenvalue weighted by Crippen LogP contribution is 2.64. The number of likely N-dealkylation sites (tertiary alicyclic amines) is 1. The molecule has 3 aromatic heterocycles. The number of thiophene rings is 1. The number of hydrogen-bond donors (Lipinski definition) is 2. The summed E-state index contributed by atoms with van der Waals surface area (Å²) >= 11 is 13.9. The number of aliphatic hydroxyl groups is 1. The lowest BCUT2D eigenvalue weighted by Gasteiger charge is -2.49. The molecule has 6 unspecified atom stereocenters. The molecule has 10 nitrogen and oxygen atoms in total. The number of allylic oxidation sites excluding steroid dienone is 2. The molecule has 0 radical (unpaired) electrons. The molecule has 4 aliphatic rings. The molecule has 1 saturated carbocycles. The molecule has 8 rings (SSSR count). The average Bonchev–Trinajstić information content (AvgIpc) is 3.90. The molecule has 6 atom stereocenters. The molecule has 268 valence electrons. The number of anilines is 1. The molecule has 4 amide bonds. The summed E-state index contributed by atoms with van der Waals surface area (Å²) in [6.45, 7) is -0.347. The van der Waals surface area contributed by atoms with E-state index in [9.17, 15) is 32.7 Å². The number of halogens is 5. The number of nitrogens with zero attached hydrogens (tertiary/aromatic N) is 3. The fourth-order valence-electron chi connectivity index (χ4n) is 8.51. The maximum atomic E-state index is 15.1. The summed E-state index contributed by atoms with van der Waals surface area (Å²) in [7, 11) is 0. The molecule has 16 heteroatoms. The number of aliphatic hydroxyl groups excluding tert-OH is 1. The smallest absolute Gasteiger partial charge is 0.417 e. The Bertz CT molecular complexity index is 2160. The van der Waals surface area contributed by atoms with Crippen LogP contribution in [0.15, 0.2) is 82.2 Å². The standard InChI is InChI=1S/C36H27Cl2F3N4O6S/c37-19-5-3-17(4-6-19)35-25(32(48)45(34(35)50)43-30-26(38)12-18(14-42-30)36(39,40)41)13-24-22(29(35)27-10-7-20(16-46)51-27)8-9-23-28(24)33(49)44(31(23)47)15-21-2-1-11-52-21/h1-8,10-12,14,23-25,28-29,46H,9,13,15-16H2,(H,42,43). The number of alkyl halides is 3. The third-order valence-electron chi connectivity index (χ3n) is 10.7. The van der Waals surface area contributed by atoms with Gasteiger partial charge in [-0.15, -0.1) is 11.3 Å². The second-order valence-electron chi connectivity index (χ2n) is 13.2. The van der Waals surface area contributed by atoms with Crippen LogP contribution >= 0.6 is 34.5 Å². The van der Waals surface area contributed by atoms with Crippen molar-refractivity contribution in [2.24, 2.45) is 23.7 Å². The molecule has 2 saturated heterocycles. The van der Waals surface area contributed by atoms with Gasteiger partial charge in [-0.3, -0.25) is 29.5 Å². The third-order valence-corrected chi connectivity index (χ3v) is 12.1. The summed E-state index contributed by atoms with van der Waals surface area (Å²) in [6, 6.07) is 13.8. The normalized spacial score (nSPS) is 27.1. The second-order valence-corrected chi connectivity index (χ2v) is 15.1. The van der Waals surface area contributed by atoms with Crippen LogP contribution in [-0.2, 0) is 43.9 Å². The van der Waals surface area contributed by atoms with E-state index in [1.807, 2.05) is 23.6 Å². The number of carbonyl (C=O) groups excluding carboxylic acids is 4. The monoisotopic (exact) mass is 770 g/mol. The van der Waals surface area contributed by atoms with E-state index in [4.69, 9.17) is 27.6 Å².